The van der Waals surface area contributed by atoms with Gasteiger partial charge in [-0.15, -0.1) is 0 Å². The number of allylic oxidation sites excluding steroid dienone is 6. The second-order valence-corrected chi connectivity index (χ2v) is 8.97. The van der Waals surface area contributed by atoms with Gasteiger partial charge in [0.2, 0.25) is 5.69 Å². The summed E-state index contributed by atoms with van der Waals surface area (Å²) in [5.74, 6) is 0.421. The van der Waals surface area contributed by atoms with Crippen molar-refractivity contribution >= 4 is 0 Å². The summed E-state index contributed by atoms with van der Waals surface area (Å²) in [6.45, 7) is 17.7. The molecule has 0 saturated carbocycles. The Bertz CT molecular complexity index is 1040. The minimum absolute atomic E-state index is 0.325. The Kier molecular flexibility index (Phi) is 7.82. The highest BCUT2D eigenvalue weighted by molar-refractivity contribution is 5.63. The Morgan fingerprint density at radius 3 is 2.56 bits per heavy atom. The van der Waals surface area contributed by atoms with Crippen LogP contribution in [0.3, 0.4) is 0 Å². The highest BCUT2D eigenvalue weighted by Gasteiger charge is 2.41. The van der Waals surface area contributed by atoms with Crippen LogP contribution in [0.2, 0.25) is 0 Å². The number of hydrogen-bond acceptors (Lipinski definition) is 0. The van der Waals surface area contributed by atoms with Crippen LogP contribution in [-0.4, -0.2) is 18.1 Å². The Hall–Kier alpha value is -2.97. The molecule has 1 aromatic carbocycles. The third kappa shape index (κ3) is 4.92. The normalized spacial score (nSPS) is 19.7. The smallest absolute Gasteiger partial charge is 0.213 e. The first-order valence-electron chi connectivity index (χ1n) is 11.7. The van der Waals surface area contributed by atoms with Crippen molar-refractivity contribution in [3.05, 3.63) is 116 Å². The van der Waals surface area contributed by atoms with Gasteiger partial charge in [0.05, 0.1) is 20.0 Å². The quantitative estimate of drug-likeness (QED) is 0.214. The van der Waals surface area contributed by atoms with E-state index in [1.807, 2.05) is 18.2 Å². The molecule has 2 aromatic rings. The Labute approximate surface area is 194 Å². The minimum Gasteiger partial charge on any atom is -0.271 e. The van der Waals surface area contributed by atoms with Crippen molar-refractivity contribution in [1.82, 2.24) is 0 Å². The fraction of sp³-hybridized carbons (Fsp3) is 0.300. The van der Waals surface area contributed by atoms with Crippen LogP contribution in [0.25, 0.3) is 11.3 Å². The maximum Gasteiger partial charge on any atom is 0.213 e. The molecule has 2 unspecified atom stereocenters. The molecule has 1 aliphatic heterocycles. The summed E-state index contributed by atoms with van der Waals surface area (Å²) in [6, 6.07) is 15.8. The molecule has 166 valence electrons. The molecular weight excluding hydrogens is 388 g/mol. The molecule has 0 saturated heterocycles. The zero-order chi connectivity index (χ0) is 23.1. The van der Waals surface area contributed by atoms with Gasteiger partial charge in [-0.05, 0) is 57.0 Å². The van der Waals surface area contributed by atoms with Crippen molar-refractivity contribution in [3.8, 4) is 11.3 Å². The summed E-state index contributed by atoms with van der Waals surface area (Å²) in [6.07, 6.45) is 15.4. The molecule has 2 heterocycles. The summed E-state index contributed by atoms with van der Waals surface area (Å²) < 4.78 is 3.21. The van der Waals surface area contributed by atoms with E-state index in [1.54, 1.807) is 0 Å². The molecule has 32 heavy (non-hydrogen) atoms. The van der Waals surface area contributed by atoms with Gasteiger partial charge in [0.1, 0.15) is 11.9 Å². The van der Waals surface area contributed by atoms with E-state index in [9.17, 15) is 0 Å². The lowest BCUT2D eigenvalue weighted by Crippen LogP contribution is -2.49. The summed E-state index contributed by atoms with van der Waals surface area (Å²) >= 11 is 0. The molecule has 1 aromatic heterocycles. The van der Waals surface area contributed by atoms with Crippen molar-refractivity contribution in [2.24, 2.45) is 0 Å². The van der Waals surface area contributed by atoms with Gasteiger partial charge in [0, 0.05) is 23.6 Å². The highest BCUT2D eigenvalue weighted by atomic mass is 15.3. The number of benzene rings is 1. The Balaban J connectivity index is 2.05. The fourth-order valence-corrected chi connectivity index (χ4v) is 4.82. The second kappa shape index (κ2) is 10.6. The number of quaternary nitrogens is 1. The first kappa shape index (κ1) is 23.7. The van der Waals surface area contributed by atoms with Crippen LogP contribution < -0.4 is 4.57 Å². The van der Waals surface area contributed by atoms with Crippen LogP contribution in [0.5, 0.6) is 0 Å². The van der Waals surface area contributed by atoms with Crippen molar-refractivity contribution in [2.45, 2.75) is 45.1 Å². The lowest BCUT2D eigenvalue weighted by molar-refractivity contribution is -0.824. The molecule has 1 aliphatic rings. The largest absolute Gasteiger partial charge is 0.271 e. The van der Waals surface area contributed by atoms with Crippen LogP contribution in [0, 0.1) is 0 Å². The third-order valence-electron chi connectivity index (χ3n) is 6.98. The third-order valence-corrected chi connectivity index (χ3v) is 6.98. The number of aromatic nitrogens is 1. The number of hydrogen-bond donors (Lipinski definition) is 0. The lowest BCUT2D eigenvalue weighted by atomic mass is 9.78. The van der Waals surface area contributed by atoms with Gasteiger partial charge < -0.3 is 0 Å². The number of fused-ring (bicyclic) bond motifs is 3. The first-order chi connectivity index (χ1) is 15.4. The maximum atomic E-state index is 4.58. The summed E-state index contributed by atoms with van der Waals surface area (Å²) in [5, 5.41) is 0. The zero-order valence-electron chi connectivity index (χ0n) is 20.0. The average Bonchev–Trinajstić information content (AvgIpc) is 2.82. The predicted molar refractivity (Wildman–Crippen MR) is 137 cm³/mol. The molecule has 0 N–H and O–H groups in total. The predicted octanol–water partition coefficient (Wildman–Crippen LogP) is 7.26. The Morgan fingerprint density at radius 2 is 1.84 bits per heavy atom. The van der Waals surface area contributed by atoms with E-state index in [0.29, 0.717) is 12.0 Å². The van der Waals surface area contributed by atoms with Crippen LogP contribution >= 0.6 is 0 Å². The summed E-state index contributed by atoms with van der Waals surface area (Å²) in [5.41, 5.74) is 6.70. The summed E-state index contributed by atoms with van der Waals surface area (Å²) in [7, 11) is 2.24. The number of nitrogens with zero attached hydrogens (tertiary/aromatic N) is 2. The first-order valence-corrected chi connectivity index (χ1v) is 11.7. The van der Waals surface area contributed by atoms with Crippen LogP contribution in [0.1, 0.15) is 50.6 Å². The van der Waals surface area contributed by atoms with Gasteiger partial charge in [-0.1, -0.05) is 55.2 Å². The van der Waals surface area contributed by atoms with Crippen LogP contribution in [-0.2, 0) is 0 Å². The average molecular weight is 427 g/mol. The second-order valence-electron chi connectivity index (χ2n) is 8.97. The lowest BCUT2D eigenvalue weighted by Gasteiger charge is -2.35. The van der Waals surface area contributed by atoms with E-state index in [-0.39, 0.29) is 0 Å². The maximum absolute atomic E-state index is 4.58. The molecule has 0 bridgehead atoms. The monoisotopic (exact) mass is 426 g/mol. The number of pyridine rings is 1. The minimum atomic E-state index is 0.325. The molecule has 0 radical (unpaired) electrons. The molecule has 2 nitrogen and oxygen atoms in total. The van der Waals surface area contributed by atoms with Crippen LogP contribution in [0.15, 0.2) is 110 Å². The van der Waals surface area contributed by atoms with Gasteiger partial charge in [-0.3, -0.25) is 4.48 Å². The van der Waals surface area contributed by atoms with Gasteiger partial charge in [-0.25, -0.2) is 0 Å². The van der Waals surface area contributed by atoms with Gasteiger partial charge in [-0.2, -0.15) is 4.57 Å². The van der Waals surface area contributed by atoms with E-state index in [1.165, 1.54) is 28.1 Å². The highest BCUT2D eigenvalue weighted by Crippen LogP contribution is 2.43. The van der Waals surface area contributed by atoms with Crippen molar-refractivity contribution in [3.63, 3.8) is 0 Å². The topological polar surface area (TPSA) is 3.88 Å². The molecule has 3 atom stereocenters. The van der Waals surface area contributed by atoms with Gasteiger partial charge in [0.25, 0.3) is 0 Å². The van der Waals surface area contributed by atoms with Gasteiger partial charge >= 0.3 is 0 Å². The Morgan fingerprint density at radius 1 is 1.09 bits per heavy atom. The molecule has 0 aliphatic carbocycles. The summed E-state index contributed by atoms with van der Waals surface area (Å²) in [4.78, 5) is 0. The van der Waals surface area contributed by atoms with Crippen molar-refractivity contribution < 1.29 is 9.05 Å². The fourth-order valence-electron chi connectivity index (χ4n) is 4.82. The van der Waals surface area contributed by atoms with E-state index in [2.05, 4.69) is 106 Å². The molecule has 0 spiro atoms. The zero-order valence-corrected chi connectivity index (χ0v) is 20.0. The van der Waals surface area contributed by atoms with Crippen molar-refractivity contribution in [2.75, 3.05) is 13.6 Å². The molecule has 2 heteroatoms. The van der Waals surface area contributed by atoms with E-state index >= 15 is 0 Å². The van der Waals surface area contributed by atoms with E-state index < -0.39 is 0 Å². The standard InChI is InChI=1S/C30H38N2/c1-7-10-22-32(6,9-3)25(5)23-30-28(20-19-24(4)15-8-2)26-16-11-12-17-27(26)29-18-13-14-21-31(29)30/h7-8,10-18,21-22,28,30H,1-2,5,9,19-20,23H2,3-4,6H3/q+2/b22-10-,24-15+/t28?,30?,32-/m0/s1. The van der Waals surface area contributed by atoms with Crippen molar-refractivity contribution in [1.29, 1.82) is 0 Å². The van der Waals surface area contributed by atoms with E-state index in [4.69, 9.17) is 0 Å². The number of rotatable bonds is 10. The molecule has 0 fully saturated rings. The molecule has 3 rings (SSSR count). The SMILES string of the molecule is C=C/C=C\[N@+](C)(CC)C(=C)CC1C(CC/C(C)=C/C=C)c2ccccc2-c2cccc[n+]21. The molecular formula is C30H38N2+2. The van der Waals surface area contributed by atoms with Crippen LogP contribution in [0.4, 0.5) is 0 Å². The molecule has 0 amide bonds. The van der Waals surface area contributed by atoms with E-state index in [0.717, 1.165) is 30.3 Å². The van der Waals surface area contributed by atoms with Gasteiger partial charge in [0.15, 0.2) is 12.2 Å².